The average molecular weight is 313 g/mol. The molecule has 0 saturated heterocycles. The lowest BCUT2D eigenvalue weighted by Gasteiger charge is -2.10. The molecule has 0 aliphatic heterocycles. The molecule has 116 valence electrons. The van der Waals surface area contributed by atoms with Gasteiger partial charge in [-0.05, 0) is 36.4 Å². The molecule has 3 N–H and O–H groups in total. The molecule has 0 saturated carbocycles. The minimum atomic E-state index is -0.0242. The van der Waals surface area contributed by atoms with Crippen molar-refractivity contribution in [2.75, 3.05) is 11.1 Å². The molecule has 0 unspecified atom stereocenters. The van der Waals surface area contributed by atoms with Crippen LogP contribution in [0.1, 0.15) is 21.5 Å². The van der Waals surface area contributed by atoms with Gasteiger partial charge < -0.3 is 11.1 Å². The zero-order valence-electron chi connectivity index (χ0n) is 12.9. The van der Waals surface area contributed by atoms with Crippen molar-refractivity contribution in [3.63, 3.8) is 0 Å². The largest absolute Gasteiger partial charge is 0.398 e. The maximum absolute atomic E-state index is 12.4. The van der Waals surface area contributed by atoms with Crippen molar-refractivity contribution >= 4 is 22.8 Å². The first-order valence-electron chi connectivity index (χ1n) is 7.44. The van der Waals surface area contributed by atoms with E-state index in [0.29, 0.717) is 28.1 Å². The maximum atomic E-state index is 12.4. The van der Waals surface area contributed by atoms with E-state index in [1.165, 1.54) is 0 Å². The van der Waals surface area contributed by atoms with Crippen molar-refractivity contribution in [3.05, 3.63) is 89.5 Å². The second kappa shape index (κ2) is 6.67. The maximum Gasteiger partial charge on any atom is 0.193 e. The molecule has 0 fully saturated rings. The Labute approximate surface area is 140 Å². The minimum Gasteiger partial charge on any atom is -0.398 e. The number of carbonyl (C=O) groups excluding carboxylic acids is 1. The average Bonchev–Trinajstić information content (AvgIpc) is 2.63. The van der Waals surface area contributed by atoms with Crippen molar-refractivity contribution in [1.82, 2.24) is 0 Å². The highest BCUT2D eigenvalue weighted by Gasteiger charge is 2.09. The summed E-state index contributed by atoms with van der Waals surface area (Å²) in [6.07, 6.45) is 0. The number of nitrogens with two attached hydrogens (primary N) is 1. The van der Waals surface area contributed by atoms with E-state index in [-0.39, 0.29) is 5.78 Å². The molecule has 3 rings (SSSR count). The molecule has 0 amide bonds. The van der Waals surface area contributed by atoms with Crippen LogP contribution in [0.2, 0.25) is 0 Å². The van der Waals surface area contributed by atoms with Crippen LogP contribution in [-0.4, -0.2) is 5.78 Å². The standard InChI is InChI=1S/C20H15N3O/c21-13-17-18(22)7-4-8-19(17)23-16-11-9-15(10-12-16)20(24)14-5-2-1-3-6-14/h1-12,23H,22H2. The van der Waals surface area contributed by atoms with Crippen molar-refractivity contribution in [1.29, 1.82) is 5.26 Å². The summed E-state index contributed by atoms with van der Waals surface area (Å²) in [6, 6.07) is 23.6. The van der Waals surface area contributed by atoms with Crippen molar-refractivity contribution in [2.45, 2.75) is 0 Å². The number of nitrogens with one attached hydrogen (secondary N) is 1. The zero-order chi connectivity index (χ0) is 16.9. The van der Waals surface area contributed by atoms with Gasteiger partial charge in [0, 0.05) is 16.8 Å². The Bertz CT molecular complexity index is 910. The smallest absolute Gasteiger partial charge is 0.193 e. The molecule has 0 radical (unpaired) electrons. The number of rotatable bonds is 4. The van der Waals surface area contributed by atoms with E-state index in [1.54, 1.807) is 54.6 Å². The highest BCUT2D eigenvalue weighted by atomic mass is 16.1. The summed E-state index contributed by atoms with van der Waals surface area (Å²) >= 11 is 0. The van der Waals surface area contributed by atoms with Crippen LogP contribution in [0.5, 0.6) is 0 Å². The predicted molar refractivity (Wildman–Crippen MR) is 95.2 cm³/mol. The lowest BCUT2D eigenvalue weighted by Crippen LogP contribution is -2.01. The van der Waals surface area contributed by atoms with Gasteiger partial charge >= 0.3 is 0 Å². The number of carbonyl (C=O) groups is 1. The van der Waals surface area contributed by atoms with E-state index in [9.17, 15) is 10.1 Å². The number of benzene rings is 3. The zero-order valence-corrected chi connectivity index (χ0v) is 12.9. The van der Waals surface area contributed by atoms with E-state index in [4.69, 9.17) is 5.73 Å². The molecule has 3 aromatic rings. The summed E-state index contributed by atoms with van der Waals surface area (Å²) in [5.41, 5.74) is 9.32. The first-order chi connectivity index (χ1) is 11.7. The van der Waals surface area contributed by atoms with Crippen LogP contribution in [0.3, 0.4) is 0 Å². The van der Waals surface area contributed by atoms with Crippen LogP contribution >= 0.6 is 0 Å². The lowest BCUT2D eigenvalue weighted by atomic mass is 10.0. The van der Waals surface area contributed by atoms with Gasteiger partial charge in [-0.15, -0.1) is 0 Å². The number of ketones is 1. The summed E-state index contributed by atoms with van der Waals surface area (Å²) in [5, 5.41) is 12.4. The van der Waals surface area contributed by atoms with Gasteiger partial charge in [-0.1, -0.05) is 36.4 Å². The molecule has 0 aromatic heterocycles. The van der Waals surface area contributed by atoms with E-state index in [1.807, 2.05) is 18.2 Å². The Kier molecular flexibility index (Phi) is 4.26. The van der Waals surface area contributed by atoms with Gasteiger partial charge in [-0.3, -0.25) is 4.79 Å². The Morgan fingerprint density at radius 1 is 0.875 bits per heavy atom. The summed E-state index contributed by atoms with van der Waals surface area (Å²) in [5.74, 6) is -0.0242. The summed E-state index contributed by atoms with van der Waals surface area (Å²) in [4.78, 5) is 12.4. The van der Waals surface area contributed by atoms with Crippen LogP contribution in [0.4, 0.5) is 17.1 Å². The van der Waals surface area contributed by atoms with Gasteiger partial charge in [-0.2, -0.15) is 5.26 Å². The molecular weight excluding hydrogens is 298 g/mol. The molecule has 0 atom stereocenters. The summed E-state index contributed by atoms with van der Waals surface area (Å²) in [6.45, 7) is 0. The minimum absolute atomic E-state index is 0.0242. The van der Waals surface area contributed by atoms with Crippen molar-refractivity contribution in [2.24, 2.45) is 0 Å². The fourth-order valence-electron chi connectivity index (χ4n) is 2.42. The van der Waals surface area contributed by atoms with Crippen LogP contribution in [0.25, 0.3) is 0 Å². The molecule has 4 heteroatoms. The highest BCUT2D eigenvalue weighted by Crippen LogP contribution is 2.25. The fourth-order valence-corrected chi connectivity index (χ4v) is 2.42. The van der Waals surface area contributed by atoms with Crippen LogP contribution in [0, 0.1) is 11.3 Å². The van der Waals surface area contributed by atoms with Crippen LogP contribution < -0.4 is 11.1 Å². The number of hydrogen-bond donors (Lipinski definition) is 2. The quantitative estimate of drug-likeness (QED) is 0.561. The van der Waals surface area contributed by atoms with Gasteiger partial charge in [0.25, 0.3) is 0 Å². The Hall–Kier alpha value is -3.58. The molecule has 3 aromatic carbocycles. The van der Waals surface area contributed by atoms with Crippen LogP contribution in [0.15, 0.2) is 72.8 Å². The summed E-state index contributed by atoms with van der Waals surface area (Å²) in [7, 11) is 0. The molecule has 24 heavy (non-hydrogen) atoms. The Morgan fingerprint density at radius 3 is 2.21 bits per heavy atom. The number of nitrogens with zero attached hydrogens (tertiary/aromatic N) is 1. The Morgan fingerprint density at radius 2 is 1.54 bits per heavy atom. The van der Waals surface area contributed by atoms with Gasteiger partial charge in [0.15, 0.2) is 5.78 Å². The number of nitrogen functional groups attached to an aromatic ring is 1. The van der Waals surface area contributed by atoms with Crippen LogP contribution in [-0.2, 0) is 0 Å². The van der Waals surface area contributed by atoms with Crippen molar-refractivity contribution < 1.29 is 4.79 Å². The fraction of sp³-hybridized carbons (Fsp3) is 0. The van der Waals surface area contributed by atoms with Gasteiger partial charge in [0.05, 0.1) is 16.9 Å². The predicted octanol–water partition coefficient (Wildman–Crippen LogP) is 4.12. The van der Waals surface area contributed by atoms with Gasteiger partial charge in [-0.25, -0.2) is 0 Å². The third-order valence-corrected chi connectivity index (χ3v) is 3.67. The van der Waals surface area contributed by atoms with Gasteiger partial charge in [0.2, 0.25) is 0 Å². The molecule has 0 bridgehead atoms. The van der Waals surface area contributed by atoms with E-state index in [0.717, 1.165) is 5.69 Å². The normalized spacial score (nSPS) is 9.96. The molecule has 0 aliphatic rings. The third-order valence-electron chi connectivity index (χ3n) is 3.67. The topological polar surface area (TPSA) is 78.9 Å². The van der Waals surface area contributed by atoms with Crippen molar-refractivity contribution in [3.8, 4) is 6.07 Å². The molecule has 0 spiro atoms. The number of hydrogen-bond acceptors (Lipinski definition) is 4. The second-order valence-electron chi connectivity index (χ2n) is 5.28. The second-order valence-corrected chi connectivity index (χ2v) is 5.28. The third kappa shape index (κ3) is 3.11. The molecule has 0 aliphatic carbocycles. The monoisotopic (exact) mass is 313 g/mol. The van der Waals surface area contributed by atoms with E-state index >= 15 is 0 Å². The summed E-state index contributed by atoms with van der Waals surface area (Å²) < 4.78 is 0. The number of anilines is 3. The molecule has 0 heterocycles. The Balaban J connectivity index is 1.82. The van der Waals surface area contributed by atoms with E-state index in [2.05, 4.69) is 11.4 Å². The van der Waals surface area contributed by atoms with Gasteiger partial charge in [0.1, 0.15) is 6.07 Å². The molecular formula is C20H15N3O. The first-order valence-corrected chi connectivity index (χ1v) is 7.44. The lowest BCUT2D eigenvalue weighted by molar-refractivity contribution is 0.103. The first kappa shape index (κ1) is 15.3. The highest BCUT2D eigenvalue weighted by molar-refractivity contribution is 6.09. The number of nitriles is 1. The van der Waals surface area contributed by atoms with E-state index < -0.39 is 0 Å². The SMILES string of the molecule is N#Cc1c(N)cccc1Nc1ccc(C(=O)c2ccccc2)cc1. The molecule has 4 nitrogen and oxygen atoms in total.